The lowest BCUT2D eigenvalue weighted by molar-refractivity contribution is 0.227. The van der Waals surface area contributed by atoms with Crippen LogP contribution in [0.3, 0.4) is 0 Å². The summed E-state index contributed by atoms with van der Waals surface area (Å²) in [6.45, 7) is 8.35. The molecule has 0 bridgehead atoms. The van der Waals surface area contributed by atoms with Crippen LogP contribution in [0.2, 0.25) is 0 Å². The van der Waals surface area contributed by atoms with Gasteiger partial charge in [0, 0.05) is 0 Å². The van der Waals surface area contributed by atoms with E-state index in [1.807, 2.05) is 0 Å². The molecule has 0 fully saturated rings. The molecule has 0 aliphatic rings. The highest BCUT2D eigenvalue weighted by molar-refractivity contribution is 5.81. The number of rotatable bonds is 4. The van der Waals surface area contributed by atoms with Gasteiger partial charge in [0.15, 0.2) is 11.5 Å². The van der Waals surface area contributed by atoms with E-state index >= 15 is 0 Å². The van der Waals surface area contributed by atoms with Gasteiger partial charge < -0.3 is 10.7 Å². The van der Waals surface area contributed by atoms with E-state index in [4.69, 9.17) is 5.73 Å². The molecular weight excluding hydrogens is 216 g/mol. The van der Waals surface area contributed by atoms with Crippen LogP contribution in [0.4, 0.5) is 5.82 Å². The number of aromatic nitrogens is 4. The normalized spacial score (nSPS) is 13.4. The Kier molecular flexibility index (Phi) is 3.23. The zero-order valence-electron chi connectivity index (χ0n) is 10.4. The lowest BCUT2D eigenvalue weighted by Crippen LogP contribution is -2.27. The van der Waals surface area contributed by atoms with E-state index in [9.17, 15) is 0 Å². The molecule has 2 aromatic heterocycles. The topological polar surface area (TPSA) is 83.7 Å². The van der Waals surface area contributed by atoms with E-state index in [1.54, 1.807) is 0 Å². The molecule has 6 nitrogen and oxygen atoms in total. The molecule has 0 aliphatic heterocycles. The summed E-state index contributed by atoms with van der Waals surface area (Å²) in [7, 11) is 0. The Labute approximate surface area is 100 Å². The van der Waals surface area contributed by atoms with Crippen molar-refractivity contribution in [2.45, 2.75) is 26.8 Å². The molecule has 0 saturated carbocycles. The second kappa shape index (κ2) is 4.67. The fourth-order valence-corrected chi connectivity index (χ4v) is 2.01. The Morgan fingerprint density at radius 2 is 2.06 bits per heavy atom. The smallest absolute Gasteiger partial charge is 0.183 e. The first-order valence-electron chi connectivity index (χ1n) is 5.87. The van der Waals surface area contributed by atoms with Gasteiger partial charge in [-0.3, -0.25) is 4.90 Å². The molecule has 1 unspecified atom stereocenters. The molecule has 1 atom stereocenters. The first kappa shape index (κ1) is 11.8. The first-order valence-corrected chi connectivity index (χ1v) is 5.87. The summed E-state index contributed by atoms with van der Waals surface area (Å²) in [5.41, 5.74) is 7.13. The van der Waals surface area contributed by atoms with E-state index in [1.165, 1.54) is 6.33 Å². The number of nitrogens with one attached hydrogen (secondary N) is 1. The molecule has 92 valence electrons. The molecule has 3 N–H and O–H groups in total. The maximum Gasteiger partial charge on any atom is 0.183 e. The molecule has 6 heteroatoms. The summed E-state index contributed by atoms with van der Waals surface area (Å²) in [6.07, 6.45) is 1.43. The molecule has 0 amide bonds. The highest BCUT2D eigenvalue weighted by Crippen LogP contribution is 2.21. The summed E-state index contributed by atoms with van der Waals surface area (Å²) in [4.78, 5) is 18.0. The number of H-pyrrole nitrogens is 1. The van der Waals surface area contributed by atoms with E-state index in [0.717, 1.165) is 24.4 Å². The maximum absolute atomic E-state index is 5.77. The largest absolute Gasteiger partial charge is 0.382 e. The number of nitrogens with two attached hydrogens (primary N) is 1. The van der Waals surface area contributed by atoms with Crippen LogP contribution < -0.4 is 5.73 Å². The van der Waals surface area contributed by atoms with Gasteiger partial charge in [0.05, 0.1) is 6.04 Å². The van der Waals surface area contributed by atoms with E-state index in [2.05, 4.69) is 45.6 Å². The predicted molar refractivity (Wildman–Crippen MR) is 67.4 cm³/mol. The fraction of sp³-hybridized carbons (Fsp3) is 0.545. The van der Waals surface area contributed by atoms with Gasteiger partial charge in [-0.05, 0) is 20.0 Å². The Balaban J connectivity index is 2.39. The molecule has 2 aromatic rings. The van der Waals surface area contributed by atoms with Crippen LogP contribution in [0, 0.1) is 0 Å². The summed E-state index contributed by atoms with van der Waals surface area (Å²) < 4.78 is 0. The minimum Gasteiger partial charge on any atom is -0.382 e. The van der Waals surface area contributed by atoms with Crippen LogP contribution >= 0.6 is 0 Å². The molecular formula is C11H18N6. The molecule has 0 aromatic carbocycles. The van der Waals surface area contributed by atoms with Crippen LogP contribution in [-0.4, -0.2) is 37.9 Å². The standard InChI is InChI=1S/C11H18N6/c1-4-17(5-2)7(3)10-15-8-9(12)13-6-14-11(8)16-10/h6-7H,4-5H2,1-3H3,(H3,12,13,14,15,16). The van der Waals surface area contributed by atoms with Gasteiger partial charge in [0.1, 0.15) is 17.7 Å². The first-order chi connectivity index (χ1) is 8.17. The zero-order chi connectivity index (χ0) is 12.4. The van der Waals surface area contributed by atoms with E-state index in [0.29, 0.717) is 11.5 Å². The number of nitrogens with zero attached hydrogens (tertiary/aromatic N) is 4. The van der Waals surface area contributed by atoms with Gasteiger partial charge in [-0.25, -0.2) is 15.0 Å². The van der Waals surface area contributed by atoms with Gasteiger partial charge in [-0.2, -0.15) is 0 Å². The summed E-state index contributed by atoms with van der Waals surface area (Å²) >= 11 is 0. The van der Waals surface area contributed by atoms with E-state index in [-0.39, 0.29) is 6.04 Å². The summed E-state index contributed by atoms with van der Waals surface area (Å²) in [6, 6.07) is 0.221. The van der Waals surface area contributed by atoms with Gasteiger partial charge in [-0.15, -0.1) is 0 Å². The van der Waals surface area contributed by atoms with Crippen molar-refractivity contribution >= 4 is 17.0 Å². The predicted octanol–water partition coefficient (Wildman–Crippen LogP) is 1.34. The number of nitrogen functional groups attached to an aromatic ring is 1. The molecule has 0 spiro atoms. The van der Waals surface area contributed by atoms with Gasteiger partial charge >= 0.3 is 0 Å². The van der Waals surface area contributed by atoms with Gasteiger partial charge in [0.25, 0.3) is 0 Å². The summed E-state index contributed by atoms with van der Waals surface area (Å²) in [5, 5.41) is 0. The van der Waals surface area contributed by atoms with Crippen molar-refractivity contribution in [1.29, 1.82) is 0 Å². The van der Waals surface area contributed by atoms with Gasteiger partial charge in [0.2, 0.25) is 0 Å². The third kappa shape index (κ3) is 2.08. The van der Waals surface area contributed by atoms with Crippen LogP contribution in [0.1, 0.15) is 32.6 Å². The molecule has 2 heterocycles. The Bertz CT molecular complexity index is 502. The SMILES string of the molecule is CCN(CC)C(C)c1nc2ncnc(N)c2[nH]1. The van der Waals surface area contributed by atoms with Crippen molar-refractivity contribution in [2.75, 3.05) is 18.8 Å². The lowest BCUT2D eigenvalue weighted by Gasteiger charge is -2.24. The number of fused-ring (bicyclic) bond motifs is 1. The monoisotopic (exact) mass is 234 g/mol. The number of anilines is 1. The van der Waals surface area contributed by atoms with Crippen LogP contribution in [0.25, 0.3) is 11.2 Å². The van der Waals surface area contributed by atoms with Crippen molar-refractivity contribution in [3.63, 3.8) is 0 Å². The Morgan fingerprint density at radius 1 is 1.35 bits per heavy atom. The average molecular weight is 234 g/mol. The van der Waals surface area contributed by atoms with E-state index < -0.39 is 0 Å². The van der Waals surface area contributed by atoms with Crippen LogP contribution in [0.5, 0.6) is 0 Å². The quantitative estimate of drug-likeness (QED) is 0.834. The molecule has 0 saturated heterocycles. The number of hydrogen-bond acceptors (Lipinski definition) is 5. The average Bonchev–Trinajstić information content (AvgIpc) is 2.76. The van der Waals surface area contributed by atoms with Gasteiger partial charge in [-0.1, -0.05) is 13.8 Å². The minimum atomic E-state index is 0.221. The third-order valence-corrected chi connectivity index (χ3v) is 3.09. The van der Waals surface area contributed by atoms with Crippen molar-refractivity contribution in [1.82, 2.24) is 24.8 Å². The van der Waals surface area contributed by atoms with Crippen molar-refractivity contribution in [3.05, 3.63) is 12.2 Å². The van der Waals surface area contributed by atoms with Crippen LogP contribution in [-0.2, 0) is 0 Å². The number of imidazole rings is 1. The minimum absolute atomic E-state index is 0.221. The Hall–Kier alpha value is -1.69. The second-order valence-electron chi connectivity index (χ2n) is 3.98. The lowest BCUT2D eigenvalue weighted by atomic mass is 10.2. The zero-order valence-corrected chi connectivity index (χ0v) is 10.4. The maximum atomic E-state index is 5.77. The molecule has 2 rings (SSSR count). The van der Waals surface area contributed by atoms with Crippen LogP contribution in [0.15, 0.2) is 6.33 Å². The van der Waals surface area contributed by atoms with Crippen molar-refractivity contribution < 1.29 is 0 Å². The van der Waals surface area contributed by atoms with Crippen molar-refractivity contribution in [3.8, 4) is 0 Å². The fourth-order valence-electron chi connectivity index (χ4n) is 2.01. The van der Waals surface area contributed by atoms with Crippen molar-refractivity contribution in [2.24, 2.45) is 0 Å². The molecule has 0 aliphatic carbocycles. The third-order valence-electron chi connectivity index (χ3n) is 3.09. The Morgan fingerprint density at radius 3 is 2.65 bits per heavy atom. The highest BCUT2D eigenvalue weighted by Gasteiger charge is 2.17. The number of aromatic amines is 1. The summed E-state index contributed by atoms with van der Waals surface area (Å²) in [5.74, 6) is 1.33. The highest BCUT2D eigenvalue weighted by atomic mass is 15.2. The second-order valence-corrected chi connectivity index (χ2v) is 3.98. The molecule has 17 heavy (non-hydrogen) atoms. The number of hydrogen-bond donors (Lipinski definition) is 2. The molecule has 0 radical (unpaired) electrons.